The fourth-order valence-electron chi connectivity index (χ4n) is 4.77. The fourth-order valence-corrected chi connectivity index (χ4v) is 5.42. The maximum atomic E-state index is 12.8. The lowest BCUT2D eigenvalue weighted by molar-refractivity contribution is -0.000764. The van der Waals surface area contributed by atoms with Crippen molar-refractivity contribution in [2.45, 2.75) is 48.1 Å². The van der Waals surface area contributed by atoms with Crippen molar-refractivity contribution >= 4 is 21.7 Å². The Bertz CT molecular complexity index is 1170. The molecule has 8 heteroatoms. The average Bonchev–Trinajstić information content (AvgIpc) is 3.53. The summed E-state index contributed by atoms with van der Waals surface area (Å²) in [7, 11) is -3.40. The number of nitrogens with zero attached hydrogens (tertiary/aromatic N) is 1. The molecule has 5 rings (SSSR count). The SMILES string of the molecule is CS(=O)(=O)c1ccc2c(c1)C(=O)CC1(CCN(C(=O)NC3CC3c3ccccc3)CC1)O2. The number of hydrogen-bond acceptors (Lipinski definition) is 5. The van der Waals surface area contributed by atoms with Gasteiger partial charge in [0.05, 0.1) is 16.9 Å². The third-order valence-electron chi connectivity index (χ3n) is 6.78. The van der Waals surface area contributed by atoms with E-state index in [0.29, 0.717) is 43.2 Å². The number of ether oxygens (including phenoxy) is 1. The predicted octanol–water partition coefficient (Wildman–Crippen LogP) is 3.16. The van der Waals surface area contributed by atoms with E-state index in [4.69, 9.17) is 4.74 Å². The zero-order valence-corrected chi connectivity index (χ0v) is 18.7. The Morgan fingerprint density at radius 1 is 1.12 bits per heavy atom. The maximum Gasteiger partial charge on any atom is 0.317 e. The van der Waals surface area contributed by atoms with E-state index in [-0.39, 0.29) is 29.2 Å². The van der Waals surface area contributed by atoms with Crippen molar-refractivity contribution in [2.75, 3.05) is 19.3 Å². The van der Waals surface area contributed by atoms with Gasteiger partial charge in [-0.2, -0.15) is 0 Å². The Morgan fingerprint density at radius 3 is 2.53 bits per heavy atom. The molecule has 1 saturated carbocycles. The summed E-state index contributed by atoms with van der Waals surface area (Å²) in [6, 6.07) is 14.8. The number of carbonyl (C=O) groups excluding carboxylic acids is 2. The van der Waals surface area contributed by atoms with Gasteiger partial charge in [-0.1, -0.05) is 30.3 Å². The van der Waals surface area contributed by atoms with Crippen molar-refractivity contribution in [3.05, 3.63) is 59.7 Å². The second-order valence-electron chi connectivity index (χ2n) is 9.11. The number of ketones is 1. The molecule has 1 saturated heterocycles. The molecule has 2 aromatic carbocycles. The largest absolute Gasteiger partial charge is 0.486 e. The highest BCUT2D eigenvalue weighted by molar-refractivity contribution is 7.90. The second-order valence-corrected chi connectivity index (χ2v) is 11.1. The monoisotopic (exact) mass is 454 g/mol. The summed E-state index contributed by atoms with van der Waals surface area (Å²) < 4.78 is 29.8. The van der Waals surface area contributed by atoms with Crippen LogP contribution in [0.3, 0.4) is 0 Å². The molecule has 32 heavy (non-hydrogen) atoms. The molecule has 7 nitrogen and oxygen atoms in total. The zero-order valence-electron chi connectivity index (χ0n) is 17.9. The van der Waals surface area contributed by atoms with Crippen molar-refractivity contribution in [3.63, 3.8) is 0 Å². The predicted molar refractivity (Wildman–Crippen MR) is 119 cm³/mol. The summed E-state index contributed by atoms with van der Waals surface area (Å²) in [5.41, 5.74) is 0.932. The van der Waals surface area contributed by atoms with Crippen molar-refractivity contribution < 1.29 is 22.7 Å². The number of carbonyl (C=O) groups is 2. The van der Waals surface area contributed by atoms with Gasteiger partial charge in [0, 0.05) is 44.1 Å². The molecule has 2 aromatic rings. The van der Waals surface area contributed by atoms with Crippen LogP contribution in [0, 0.1) is 0 Å². The average molecular weight is 455 g/mol. The third kappa shape index (κ3) is 3.99. The van der Waals surface area contributed by atoms with E-state index in [1.54, 1.807) is 11.0 Å². The number of fused-ring (bicyclic) bond motifs is 1. The summed E-state index contributed by atoms with van der Waals surface area (Å²) in [6.45, 7) is 1.02. The van der Waals surface area contributed by atoms with Crippen LogP contribution in [-0.4, -0.2) is 56.1 Å². The zero-order chi connectivity index (χ0) is 22.5. The number of nitrogens with one attached hydrogen (secondary N) is 1. The lowest BCUT2D eigenvalue weighted by Crippen LogP contribution is -2.54. The quantitative estimate of drug-likeness (QED) is 0.769. The number of hydrogen-bond donors (Lipinski definition) is 1. The number of amides is 2. The highest BCUT2D eigenvalue weighted by Crippen LogP contribution is 2.42. The normalized spacial score (nSPS) is 23.9. The Balaban J connectivity index is 1.20. The van der Waals surface area contributed by atoms with E-state index in [1.807, 2.05) is 18.2 Å². The van der Waals surface area contributed by atoms with Crippen molar-refractivity contribution in [2.24, 2.45) is 0 Å². The van der Waals surface area contributed by atoms with E-state index < -0.39 is 15.4 Å². The Hall–Kier alpha value is -2.87. The lowest BCUT2D eigenvalue weighted by atomic mass is 9.82. The van der Waals surface area contributed by atoms with Crippen LogP contribution in [0.2, 0.25) is 0 Å². The Kier molecular flexibility index (Phi) is 5.00. The molecule has 0 bridgehead atoms. The van der Waals surface area contributed by atoms with E-state index in [2.05, 4.69) is 17.4 Å². The third-order valence-corrected chi connectivity index (χ3v) is 7.89. The van der Waals surface area contributed by atoms with Gasteiger partial charge < -0.3 is 15.0 Å². The molecule has 3 aliphatic rings. The van der Waals surface area contributed by atoms with Crippen LogP contribution >= 0.6 is 0 Å². The van der Waals surface area contributed by atoms with Crippen LogP contribution in [0.15, 0.2) is 53.4 Å². The number of urea groups is 1. The smallest absolute Gasteiger partial charge is 0.317 e. The molecular weight excluding hydrogens is 428 g/mol. The standard InChI is InChI=1S/C24H26N2O5S/c1-32(29,30)17-7-8-22-19(13-17)21(27)15-24(31-22)9-11-26(12-10-24)23(28)25-20-14-18(20)16-5-3-2-4-6-16/h2-8,13,18,20H,9-12,14-15H2,1H3,(H,25,28). The highest BCUT2D eigenvalue weighted by Gasteiger charge is 2.45. The van der Waals surface area contributed by atoms with E-state index in [1.165, 1.54) is 17.7 Å². The van der Waals surface area contributed by atoms with Gasteiger partial charge in [0.15, 0.2) is 15.6 Å². The molecule has 1 aliphatic carbocycles. The first-order valence-corrected chi connectivity index (χ1v) is 12.8. The fraction of sp³-hybridized carbons (Fsp3) is 0.417. The minimum atomic E-state index is -3.40. The molecular formula is C24H26N2O5S. The minimum absolute atomic E-state index is 0.0661. The van der Waals surface area contributed by atoms with Gasteiger partial charge in [0.1, 0.15) is 11.4 Å². The molecule has 2 fully saturated rings. The van der Waals surface area contributed by atoms with Gasteiger partial charge in [0.25, 0.3) is 0 Å². The van der Waals surface area contributed by atoms with Gasteiger partial charge in [0.2, 0.25) is 0 Å². The molecule has 0 aromatic heterocycles. The van der Waals surface area contributed by atoms with Gasteiger partial charge in [-0.15, -0.1) is 0 Å². The molecule has 2 amide bonds. The van der Waals surface area contributed by atoms with Crippen LogP contribution < -0.4 is 10.1 Å². The molecule has 1 N–H and O–H groups in total. The number of benzene rings is 2. The van der Waals surface area contributed by atoms with E-state index in [9.17, 15) is 18.0 Å². The topological polar surface area (TPSA) is 92.8 Å². The summed E-state index contributed by atoms with van der Waals surface area (Å²) in [5.74, 6) is 0.692. The molecule has 168 valence electrons. The number of Topliss-reactive ketones (excluding diaryl/α,β-unsaturated/α-hetero) is 1. The molecule has 2 atom stereocenters. The first-order chi connectivity index (χ1) is 15.2. The van der Waals surface area contributed by atoms with Crippen molar-refractivity contribution in [1.82, 2.24) is 10.2 Å². The van der Waals surface area contributed by atoms with Crippen LogP contribution in [0.25, 0.3) is 0 Å². The summed E-state index contributed by atoms with van der Waals surface area (Å²) in [5, 5.41) is 3.13. The molecule has 2 aliphatic heterocycles. The van der Waals surface area contributed by atoms with Crippen LogP contribution in [0.1, 0.15) is 47.5 Å². The van der Waals surface area contributed by atoms with Crippen LogP contribution in [0.4, 0.5) is 4.79 Å². The van der Waals surface area contributed by atoms with Gasteiger partial charge in [-0.25, -0.2) is 13.2 Å². The Morgan fingerprint density at radius 2 is 1.84 bits per heavy atom. The number of likely N-dealkylation sites (tertiary alicyclic amines) is 1. The maximum absolute atomic E-state index is 12.8. The number of sulfone groups is 1. The summed E-state index contributed by atoms with van der Waals surface area (Å²) in [4.78, 5) is 27.5. The first kappa shape index (κ1) is 21.0. The van der Waals surface area contributed by atoms with Gasteiger partial charge >= 0.3 is 6.03 Å². The lowest BCUT2D eigenvalue weighted by Gasteiger charge is -2.43. The summed E-state index contributed by atoms with van der Waals surface area (Å²) >= 11 is 0. The number of piperidine rings is 1. The van der Waals surface area contributed by atoms with Gasteiger partial charge in [-0.05, 0) is 30.2 Å². The van der Waals surface area contributed by atoms with E-state index in [0.717, 1.165) is 12.7 Å². The van der Waals surface area contributed by atoms with Crippen molar-refractivity contribution in [3.8, 4) is 5.75 Å². The molecule has 0 radical (unpaired) electrons. The van der Waals surface area contributed by atoms with E-state index >= 15 is 0 Å². The summed E-state index contributed by atoms with van der Waals surface area (Å²) in [6.07, 6.45) is 3.39. The van der Waals surface area contributed by atoms with Crippen LogP contribution in [-0.2, 0) is 9.84 Å². The molecule has 1 spiro atoms. The first-order valence-electron chi connectivity index (χ1n) is 10.9. The van der Waals surface area contributed by atoms with Gasteiger partial charge in [-0.3, -0.25) is 4.79 Å². The molecule has 2 unspecified atom stereocenters. The Labute approximate surface area is 187 Å². The number of rotatable bonds is 3. The highest BCUT2D eigenvalue weighted by atomic mass is 32.2. The van der Waals surface area contributed by atoms with Crippen LogP contribution in [0.5, 0.6) is 5.75 Å². The minimum Gasteiger partial charge on any atom is -0.486 e. The second kappa shape index (κ2) is 7.62. The molecule has 2 heterocycles. The van der Waals surface area contributed by atoms with Crippen molar-refractivity contribution in [1.29, 1.82) is 0 Å².